The van der Waals surface area contributed by atoms with E-state index in [4.69, 9.17) is 11.6 Å². The zero-order valence-electron chi connectivity index (χ0n) is 7.55. The van der Waals surface area contributed by atoms with Crippen molar-refractivity contribution in [3.8, 4) is 0 Å². The summed E-state index contributed by atoms with van der Waals surface area (Å²) >= 11 is 8.94. The molecule has 0 N–H and O–H groups in total. The Hall–Kier alpha value is -0.490. The van der Waals surface area contributed by atoms with E-state index in [0.29, 0.717) is 10.3 Å². The molecule has 0 amide bonds. The molecular formula is C8H7BrClF2N3. The van der Waals surface area contributed by atoms with Crippen molar-refractivity contribution in [2.45, 2.75) is 12.3 Å². The van der Waals surface area contributed by atoms with Crippen molar-refractivity contribution in [2.24, 2.45) is 0 Å². The Labute approximate surface area is 98.6 Å². The zero-order valence-corrected chi connectivity index (χ0v) is 9.89. The molecule has 0 saturated carbocycles. The maximum Gasteiger partial charge on any atom is 0.266 e. The summed E-state index contributed by atoms with van der Waals surface area (Å²) in [6.45, 7) is -0.0438. The van der Waals surface area contributed by atoms with Gasteiger partial charge in [0, 0.05) is 13.0 Å². The molecule has 7 heteroatoms. The second-order valence-electron chi connectivity index (χ2n) is 3.33. The molecule has 1 aliphatic rings. The lowest BCUT2D eigenvalue weighted by atomic mass is 10.3. The molecule has 0 aliphatic carbocycles. The summed E-state index contributed by atoms with van der Waals surface area (Å²) in [4.78, 5) is 9.17. The monoisotopic (exact) mass is 297 g/mol. The third kappa shape index (κ3) is 2.20. The van der Waals surface area contributed by atoms with Gasteiger partial charge in [-0.1, -0.05) is 11.6 Å². The molecule has 1 aromatic rings. The van der Waals surface area contributed by atoms with Gasteiger partial charge in [0.2, 0.25) is 0 Å². The molecule has 1 saturated heterocycles. The van der Waals surface area contributed by atoms with Crippen LogP contribution in [0.3, 0.4) is 0 Å². The van der Waals surface area contributed by atoms with Crippen LogP contribution in [-0.2, 0) is 0 Å². The smallest absolute Gasteiger partial charge is 0.266 e. The minimum Gasteiger partial charge on any atom is -0.349 e. The molecule has 0 atom stereocenters. The largest absolute Gasteiger partial charge is 0.349 e. The maximum atomic E-state index is 13.0. The Morgan fingerprint density at radius 1 is 1.47 bits per heavy atom. The highest BCUT2D eigenvalue weighted by atomic mass is 79.9. The van der Waals surface area contributed by atoms with Crippen LogP contribution in [0.5, 0.6) is 0 Å². The van der Waals surface area contributed by atoms with E-state index in [2.05, 4.69) is 25.9 Å². The lowest BCUT2D eigenvalue weighted by molar-refractivity contribution is 0.0256. The van der Waals surface area contributed by atoms with Crippen LogP contribution in [0.4, 0.5) is 14.6 Å². The summed E-state index contributed by atoms with van der Waals surface area (Å²) in [6.07, 6.45) is 1.11. The van der Waals surface area contributed by atoms with Crippen molar-refractivity contribution in [1.29, 1.82) is 0 Å². The Bertz CT molecular complexity index is 388. The van der Waals surface area contributed by atoms with E-state index in [-0.39, 0.29) is 24.7 Å². The van der Waals surface area contributed by atoms with Crippen molar-refractivity contribution in [1.82, 2.24) is 9.97 Å². The summed E-state index contributed by atoms with van der Waals surface area (Å²) < 4.78 is 26.4. The molecular weight excluding hydrogens is 291 g/mol. The summed E-state index contributed by atoms with van der Waals surface area (Å²) in [5, 5.41) is 0.232. The van der Waals surface area contributed by atoms with Crippen LogP contribution in [0.2, 0.25) is 5.15 Å². The Morgan fingerprint density at radius 3 is 2.80 bits per heavy atom. The van der Waals surface area contributed by atoms with Crippen LogP contribution in [0, 0.1) is 0 Å². The number of rotatable bonds is 1. The van der Waals surface area contributed by atoms with E-state index in [0.717, 1.165) is 0 Å². The fourth-order valence-corrected chi connectivity index (χ4v) is 2.06. The Kier molecular flexibility index (Phi) is 2.81. The molecule has 2 rings (SSSR count). The average molecular weight is 299 g/mol. The highest BCUT2D eigenvalue weighted by molar-refractivity contribution is 9.10. The molecule has 3 nitrogen and oxygen atoms in total. The zero-order chi connectivity index (χ0) is 11.1. The molecule has 1 aliphatic heterocycles. The first kappa shape index (κ1) is 11.0. The Balaban J connectivity index is 2.28. The fourth-order valence-electron chi connectivity index (χ4n) is 1.48. The summed E-state index contributed by atoms with van der Waals surface area (Å²) in [5.41, 5.74) is 0. The molecule has 82 valence electrons. The van der Waals surface area contributed by atoms with Crippen LogP contribution in [-0.4, -0.2) is 29.0 Å². The molecule has 0 aromatic carbocycles. The van der Waals surface area contributed by atoms with Gasteiger partial charge in [-0.2, -0.15) is 0 Å². The van der Waals surface area contributed by atoms with Gasteiger partial charge in [-0.15, -0.1) is 0 Å². The first-order valence-corrected chi connectivity index (χ1v) is 5.45. The minimum atomic E-state index is -2.64. The summed E-state index contributed by atoms with van der Waals surface area (Å²) in [7, 11) is 0. The number of aromatic nitrogens is 2. The van der Waals surface area contributed by atoms with Gasteiger partial charge in [0.05, 0.1) is 11.0 Å². The van der Waals surface area contributed by atoms with E-state index in [1.165, 1.54) is 11.2 Å². The summed E-state index contributed by atoms with van der Waals surface area (Å²) in [5.74, 6) is -2.22. The van der Waals surface area contributed by atoms with Crippen LogP contribution in [0.15, 0.2) is 10.8 Å². The van der Waals surface area contributed by atoms with Gasteiger partial charge in [0.15, 0.2) is 0 Å². The number of anilines is 1. The quantitative estimate of drug-likeness (QED) is 0.747. The lowest BCUT2D eigenvalue weighted by Crippen LogP contribution is -2.26. The molecule has 1 aromatic heterocycles. The van der Waals surface area contributed by atoms with Crippen LogP contribution in [0.1, 0.15) is 6.42 Å². The average Bonchev–Trinajstić information content (AvgIpc) is 2.51. The van der Waals surface area contributed by atoms with E-state index in [1.54, 1.807) is 0 Å². The molecule has 1 fully saturated rings. The van der Waals surface area contributed by atoms with Gasteiger partial charge in [0.25, 0.3) is 5.92 Å². The molecule has 0 radical (unpaired) electrons. The topological polar surface area (TPSA) is 29.0 Å². The van der Waals surface area contributed by atoms with E-state index >= 15 is 0 Å². The second-order valence-corrected chi connectivity index (χ2v) is 4.48. The molecule has 0 unspecified atom stereocenters. The van der Waals surface area contributed by atoms with Crippen LogP contribution < -0.4 is 4.90 Å². The van der Waals surface area contributed by atoms with Gasteiger partial charge in [-0.25, -0.2) is 18.7 Å². The Morgan fingerprint density at radius 2 is 2.20 bits per heavy atom. The third-order valence-corrected chi connectivity index (χ3v) is 3.44. The number of nitrogens with zero attached hydrogens (tertiary/aromatic N) is 3. The predicted molar refractivity (Wildman–Crippen MR) is 56.5 cm³/mol. The molecule has 15 heavy (non-hydrogen) atoms. The highest BCUT2D eigenvalue weighted by Crippen LogP contribution is 2.35. The van der Waals surface area contributed by atoms with Gasteiger partial charge in [-0.3, -0.25) is 0 Å². The van der Waals surface area contributed by atoms with Gasteiger partial charge >= 0.3 is 0 Å². The highest BCUT2D eigenvalue weighted by Gasteiger charge is 2.39. The van der Waals surface area contributed by atoms with E-state index in [9.17, 15) is 8.78 Å². The van der Waals surface area contributed by atoms with Crippen LogP contribution >= 0.6 is 27.5 Å². The first-order chi connectivity index (χ1) is 6.99. The second kappa shape index (κ2) is 3.83. The van der Waals surface area contributed by atoms with Gasteiger partial charge in [0.1, 0.15) is 17.3 Å². The van der Waals surface area contributed by atoms with Crippen molar-refractivity contribution < 1.29 is 8.78 Å². The number of halogens is 4. The molecule has 2 heterocycles. The first-order valence-electron chi connectivity index (χ1n) is 4.28. The third-order valence-electron chi connectivity index (χ3n) is 2.20. The predicted octanol–water partition coefficient (Wildman–Crippen LogP) is 2.74. The van der Waals surface area contributed by atoms with Crippen molar-refractivity contribution >= 4 is 33.3 Å². The minimum absolute atomic E-state index is 0.152. The summed E-state index contributed by atoms with van der Waals surface area (Å²) in [6, 6.07) is 0. The van der Waals surface area contributed by atoms with Crippen molar-refractivity contribution in [2.75, 3.05) is 18.0 Å². The molecule has 0 spiro atoms. The van der Waals surface area contributed by atoms with Gasteiger partial charge in [-0.05, 0) is 15.9 Å². The van der Waals surface area contributed by atoms with Crippen molar-refractivity contribution in [3.05, 3.63) is 16.0 Å². The lowest BCUT2D eigenvalue weighted by Gasteiger charge is -2.18. The van der Waals surface area contributed by atoms with Gasteiger partial charge < -0.3 is 4.90 Å². The maximum absolute atomic E-state index is 13.0. The fraction of sp³-hybridized carbons (Fsp3) is 0.500. The number of alkyl halides is 2. The normalized spacial score (nSPS) is 19.6. The number of hydrogen-bond acceptors (Lipinski definition) is 3. The SMILES string of the molecule is FC1(F)CCN(c2ncnc(Cl)c2Br)C1. The standard InChI is InChI=1S/C8H7BrClF2N3/c9-5-6(10)13-4-14-7(5)15-2-1-8(11,12)3-15/h4H,1-3H2. The molecule has 0 bridgehead atoms. The van der Waals surface area contributed by atoms with E-state index < -0.39 is 5.92 Å². The van der Waals surface area contributed by atoms with E-state index in [1.807, 2.05) is 0 Å². The number of hydrogen-bond donors (Lipinski definition) is 0. The van der Waals surface area contributed by atoms with Crippen molar-refractivity contribution in [3.63, 3.8) is 0 Å². The van der Waals surface area contributed by atoms with Crippen LogP contribution in [0.25, 0.3) is 0 Å².